The van der Waals surface area contributed by atoms with Crippen LogP contribution >= 0.6 is 46.4 Å². The number of rotatable bonds is 6. The molecule has 4 aromatic rings. The van der Waals surface area contributed by atoms with E-state index < -0.39 is 0 Å². The normalized spacial score (nSPS) is 11.5. The van der Waals surface area contributed by atoms with E-state index in [-0.39, 0.29) is 0 Å². The molecule has 32 heavy (non-hydrogen) atoms. The molecule has 0 aliphatic heterocycles. The summed E-state index contributed by atoms with van der Waals surface area (Å²) in [6, 6.07) is 18.1. The first-order valence-corrected chi connectivity index (χ1v) is 10.8. The first-order chi connectivity index (χ1) is 15.5. The maximum Gasteiger partial charge on any atom is 0.176 e. The van der Waals surface area contributed by atoms with Crippen molar-refractivity contribution >= 4 is 81.2 Å². The minimum Gasteiger partial charge on any atom is -0.259 e. The van der Waals surface area contributed by atoms with Gasteiger partial charge in [0.2, 0.25) is 0 Å². The van der Waals surface area contributed by atoms with Gasteiger partial charge in [0.1, 0.15) is 0 Å². The molecule has 2 N–H and O–H groups in total. The Morgan fingerprint density at radius 3 is 1.44 bits per heavy atom. The summed E-state index contributed by atoms with van der Waals surface area (Å²) >= 11 is 23.9. The highest BCUT2D eigenvalue weighted by atomic mass is 35.5. The molecule has 160 valence electrons. The molecule has 6 nitrogen and oxygen atoms in total. The van der Waals surface area contributed by atoms with Crippen molar-refractivity contribution in [2.24, 2.45) is 10.2 Å². The second kappa shape index (κ2) is 10.1. The molecular weight excluding hydrogens is 490 g/mol. The Kier molecular flexibility index (Phi) is 7.07. The summed E-state index contributed by atoms with van der Waals surface area (Å²) in [5.74, 6) is 0.992. The summed E-state index contributed by atoms with van der Waals surface area (Å²) < 4.78 is 0. The van der Waals surface area contributed by atoms with Gasteiger partial charge in [-0.15, -0.1) is 10.2 Å². The maximum atomic E-state index is 6.03. The van der Waals surface area contributed by atoms with E-state index in [1.54, 1.807) is 36.7 Å². The molecule has 4 rings (SSSR count). The fraction of sp³-hybridized carbons (Fsp3) is 0. The number of aromatic nitrogens is 2. The minimum absolute atomic E-state index is 0.456. The summed E-state index contributed by atoms with van der Waals surface area (Å²) in [6.45, 7) is 0. The van der Waals surface area contributed by atoms with Gasteiger partial charge in [0.15, 0.2) is 11.6 Å². The molecule has 1 heterocycles. The van der Waals surface area contributed by atoms with Crippen molar-refractivity contribution in [1.82, 2.24) is 10.2 Å². The highest BCUT2D eigenvalue weighted by Gasteiger charge is 2.08. The van der Waals surface area contributed by atoms with Gasteiger partial charge in [-0.05, 0) is 35.4 Å². The van der Waals surface area contributed by atoms with Gasteiger partial charge < -0.3 is 0 Å². The maximum absolute atomic E-state index is 6.03. The molecule has 0 amide bonds. The lowest BCUT2D eigenvalue weighted by atomic mass is 10.2. The number of nitrogens with zero attached hydrogens (tertiary/aromatic N) is 4. The third-order valence-corrected chi connectivity index (χ3v) is 5.82. The van der Waals surface area contributed by atoms with Crippen molar-refractivity contribution in [2.45, 2.75) is 0 Å². The fourth-order valence-electron chi connectivity index (χ4n) is 2.79. The molecule has 0 saturated carbocycles. The third-order valence-electron chi connectivity index (χ3n) is 4.34. The van der Waals surface area contributed by atoms with E-state index in [2.05, 4.69) is 31.3 Å². The van der Waals surface area contributed by atoms with Crippen LogP contribution < -0.4 is 10.9 Å². The average Bonchev–Trinajstić information content (AvgIpc) is 2.79. The third kappa shape index (κ3) is 5.29. The van der Waals surface area contributed by atoms with Crippen LogP contribution in [0, 0.1) is 0 Å². The Bertz CT molecular complexity index is 1240. The lowest BCUT2D eigenvalue weighted by Gasteiger charge is -2.08. The smallest absolute Gasteiger partial charge is 0.176 e. The predicted octanol–water partition coefficient (Wildman–Crippen LogP) is 7.14. The van der Waals surface area contributed by atoms with Crippen LogP contribution in [0.4, 0.5) is 11.6 Å². The van der Waals surface area contributed by atoms with Gasteiger partial charge in [-0.2, -0.15) is 10.2 Å². The minimum atomic E-state index is 0.456. The van der Waals surface area contributed by atoms with Crippen LogP contribution in [0.2, 0.25) is 20.1 Å². The first kappa shape index (κ1) is 22.3. The molecule has 0 saturated heterocycles. The number of benzene rings is 3. The summed E-state index contributed by atoms with van der Waals surface area (Å²) in [4.78, 5) is 0. The number of hydrazone groups is 2. The number of nitrogens with one attached hydrogen (secondary N) is 2. The van der Waals surface area contributed by atoms with Gasteiger partial charge in [-0.1, -0.05) is 82.8 Å². The van der Waals surface area contributed by atoms with Gasteiger partial charge in [0, 0.05) is 10.8 Å². The molecule has 0 aliphatic carbocycles. The largest absolute Gasteiger partial charge is 0.259 e. The van der Waals surface area contributed by atoms with E-state index in [0.717, 1.165) is 21.9 Å². The number of anilines is 2. The molecule has 0 aliphatic rings. The monoisotopic (exact) mass is 502 g/mol. The van der Waals surface area contributed by atoms with Gasteiger partial charge >= 0.3 is 0 Å². The van der Waals surface area contributed by atoms with Gasteiger partial charge in [0.05, 0.1) is 32.5 Å². The molecule has 0 atom stereocenters. The summed E-state index contributed by atoms with van der Waals surface area (Å²) in [6.07, 6.45) is 3.23. The van der Waals surface area contributed by atoms with Crippen LogP contribution in [0.5, 0.6) is 0 Å². The molecule has 10 heteroatoms. The van der Waals surface area contributed by atoms with Gasteiger partial charge in [0.25, 0.3) is 0 Å². The van der Waals surface area contributed by atoms with Crippen molar-refractivity contribution in [1.29, 1.82) is 0 Å². The van der Waals surface area contributed by atoms with E-state index in [0.29, 0.717) is 31.7 Å². The van der Waals surface area contributed by atoms with E-state index in [9.17, 15) is 0 Å². The number of hydrogen-bond donors (Lipinski definition) is 2. The van der Waals surface area contributed by atoms with Gasteiger partial charge in [-0.25, -0.2) is 0 Å². The van der Waals surface area contributed by atoms with Crippen molar-refractivity contribution < 1.29 is 0 Å². The number of halogens is 4. The highest BCUT2D eigenvalue weighted by molar-refractivity contribution is 6.42. The topological polar surface area (TPSA) is 74.6 Å². The quantitative estimate of drug-likeness (QED) is 0.216. The summed E-state index contributed by atoms with van der Waals surface area (Å²) in [7, 11) is 0. The SMILES string of the molecule is Clc1ccc(/C=N\Nc2nnc(N/N=C/c3ccc(Cl)c(Cl)c3)c3ccccc23)cc1Cl. The molecule has 0 spiro atoms. The Labute approximate surface area is 203 Å². The zero-order valence-corrected chi connectivity index (χ0v) is 19.3. The van der Waals surface area contributed by atoms with Crippen LogP contribution in [0.3, 0.4) is 0 Å². The predicted molar refractivity (Wildman–Crippen MR) is 135 cm³/mol. The molecule has 0 bridgehead atoms. The summed E-state index contributed by atoms with van der Waals surface area (Å²) in [5.41, 5.74) is 7.42. The van der Waals surface area contributed by atoms with E-state index in [1.165, 1.54) is 0 Å². The van der Waals surface area contributed by atoms with Crippen molar-refractivity contribution in [2.75, 3.05) is 10.9 Å². The number of hydrogen-bond acceptors (Lipinski definition) is 6. The Hall–Kier alpha value is -2.90. The number of fused-ring (bicyclic) bond motifs is 1. The van der Waals surface area contributed by atoms with Crippen molar-refractivity contribution in [3.8, 4) is 0 Å². The lowest BCUT2D eigenvalue weighted by molar-refractivity contribution is 1.03. The standard InChI is InChI=1S/C22H14Cl4N6/c23-17-7-5-13(9-19(17)25)11-27-29-21-15-3-1-2-4-16(15)22(32-31-21)30-28-12-14-6-8-18(24)20(26)10-14/h1-12H,(H,29,31)(H,30,32)/b27-11-,28-12+. The second-order valence-corrected chi connectivity index (χ2v) is 8.16. The lowest BCUT2D eigenvalue weighted by Crippen LogP contribution is -2.01. The summed E-state index contributed by atoms with van der Waals surface area (Å²) in [5, 5.41) is 20.4. The molecule has 0 unspecified atom stereocenters. The molecule has 1 aromatic heterocycles. The van der Waals surface area contributed by atoms with Crippen LogP contribution in [0.1, 0.15) is 11.1 Å². The van der Waals surface area contributed by atoms with Crippen molar-refractivity contribution in [3.63, 3.8) is 0 Å². The van der Waals surface area contributed by atoms with E-state index in [4.69, 9.17) is 46.4 Å². The van der Waals surface area contributed by atoms with Crippen LogP contribution in [0.25, 0.3) is 10.8 Å². The molecule has 0 radical (unpaired) electrons. The Morgan fingerprint density at radius 2 is 1.03 bits per heavy atom. The van der Waals surface area contributed by atoms with Crippen LogP contribution in [-0.4, -0.2) is 22.6 Å². The Morgan fingerprint density at radius 1 is 0.594 bits per heavy atom. The van der Waals surface area contributed by atoms with Crippen molar-refractivity contribution in [3.05, 3.63) is 91.9 Å². The van der Waals surface area contributed by atoms with Crippen LogP contribution in [-0.2, 0) is 0 Å². The highest BCUT2D eigenvalue weighted by Crippen LogP contribution is 2.26. The molecule has 3 aromatic carbocycles. The van der Waals surface area contributed by atoms with Gasteiger partial charge in [-0.3, -0.25) is 10.9 Å². The van der Waals surface area contributed by atoms with E-state index >= 15 is 0 Å². The van der Waals surface area contributed by atoms with E-state index in [1.807, 2.05) is 36.4 Å². The molecule has 0 fully saturated rings. The fourth-order valence-corrected chi connectivity index (χ4v) is 3.40. The second-order valence-electron chi connectivity index (χ2n) is 6.53. The molecular formula is C22H14Cl4N6. The zero-order chi connectivity index (χ0) is 22.5. The average molecular weight is 504 g/mol. The first-order valence-electron chi connectivity index (χ1n) is 9.25. The van der Waals surface area contributed by atoms with Crippen LogP contribution in [0.15, 0.2) is 70.9 Å². The zero-order valence-electron chi connectivity index (χ0n) is 16.2. The Balaban J connectivity index is 1.53.